The Balaban J connectivity index is 1.37. The Kier molecular flexibility index (Phi) is 6.49. The highest BCUT2D eigenvalue weighted by molar-refractivity contribution is 7.13. The highest BCUT2D eigenvalue weighted by Crippen LogP contribution is 2.27. The van der Waals surface area contributed by atoms with Crippen molar-refractivity contribution < 1.29 is 14.7 Å². The van der Waals surface area contributed by atoms with E-state index in [9.17, 15) is 10.0 Å². The first kappa shape index (κ1) is 21.5. The van der Waals surface area contributed by atoms with Crippen molar-refractivity contribution in [2.45, 2.75) is 19.6 Å². The van der Waals surface area contributed by atoms with Crippen LogP contribution in [0.1, 0.15) is 24.2 Å². The van der Waals surface area contributed by atoms with Crippen molar-refractivity contribution in [1.29, 1.82) is 0 Å². The molecule has 6 nitrogen and oxygen atoms in total. The van der Waals surface area contributed by atoms with Gasteiger partial charge in [-0.3, -0.25) is 5.21 Å². The molecule has 1 atom stereocenters. The number of aromatic nitrogens is 1. The fourth-order valence-corrected chi connectivity index (χ4v) is 4.08. The van der Waals surface area contributed by atoms with Crippen LogP contribution in [0.3, 0.4) is 0 Å². The van der Waals surface area contributed by atoms with Gasteiger partial charge in [0, 0.05) is 10.9 Å². The fourth-order valence-electron chi connectivity index (χ4n) is 3.27. The zero-order valence-corrected chi connectivity index (χ0v) is 18.3. The predicted molar refractivity (Wildman–Crippen MR) is 125 cm³/mol. The number of hydrogen-bond donors (Lipinski definition) is 2. The fraction of sp³-hybridized carbons (Fsp3) is 0.120. The first-order chi connectivity index (χ1) is 15.5. The van der Waals surface area contributed by atoms with E-state index >= 15 is 0 Å². The van der Waals surface area contributed by atoms with E-state index in [0.717, 1.165) is 38.7 Å². The van der Waals surface area contributed by atoms with Crippen molar-refractivity contribution in [2.24, 2.45) is 5.73 Å². The number of urea groups is 1. The van der Waals surface area contributed by atoms with Crippen molar-refractivity contribution in [1.82, 2.24) is 10.0 Å². The number of ether oxygens (including phenoxy) is 1. The topological polar surface area (TPSA) is 88.7 Å². The summed E-state index contributed by atoms with van der Waals surface area (Å²) in [5.41, 5.74) is 9.96. The number of rotatable bonds is 7. The number of hydrogen-bond acceptors (Lipinski definition) is 5. The normalized spacial score (nSPS) is 11.7. The van der Waals surface area contributed by atoms with Crippen molar-refractivity contribution in [3.05, 3.63) is 95.5 Å². The quantitative estimate of drug-likeness (QED) is 0.274. The van der Waals surface area contributed by atoms with Gasteiger partial charge >= 0.3 is 6.03 Å². The molecule has 0 bridgehead atoms. The van der Waals surface area contributed by atoms with E-state index in [-0.39, 0.29) is 0 Å². The van der Waals surface area contributed by atoms with Gasteiger partial charge in [0.05, 0.1) is 11.7 Å². The van der Waals surface area contributed by atoms with Gasteiger partial charge in [0.1, 0.15) is 17.4 Å². The van der Waals surface area contributed by atoms with Gasteiger partial charge in [0.2, 0.25) is 0 Å². The van der Waals surface area contributed by atoms with E-state index in [2.05, 4.69) is 4.98 Å². The average Bonchev–Trinajstić information content (AvgIpc) is 3.32. The molecule has 0 spiro atoms. The minimum Gasteiger partial charge on any atom is -0.487 e. The third kappa shape index (κ3) is 4.96. The number of carbonyl (C=O) groups excluding carboxylic acids is 1. The van der Waals surface area contributed by atoms with E-state index < -0.39 is 12.1 Å². The molecule has 4 rings (SSSR count). The molecule has 0 radical (unpaired) electrons. The first-order valence-corrected chi connectivity index (χ1v) is 11.0. The molecule has 0 aliphatic rings. The Morgan fingerprint density at radius 1 is 1.00 bits per heavy atom. The van der Waals surface area contributed by atoms with Crippen LogP contribution < -0.4 is 10.5 Å². The molecule has 1 aromatic heterocycles. The summed E-state index contributed by atoms with van der Waals surface area (Å²) in [6, 6.07) is 24.1. The molecular formula is C25H23N3O3S. The van der Waals surface area contributed by atoms with Gasteiger partial charge in [0.25, 0.3) is 0 Å². The van der Waals surface area contributed by atoms with E-state index in [0.29, 0.717) is 11.7 Å². The summed E-state index contributed by atoms with van der Waals surface area (Å²) in [6.45, 7) is 2.11. The number of nitrogens with two attached hydrogens (primary N) is 1. The monoisotopic (exact) mass is 445 g/mol. The van der Waals surface area contributed by atoms with Gasteiger partial charge in [-0.2, -0.15) is 5.06 Å². The van der Waals surface area contributed by atoms with Crippen LogP contribution in [0.15, 0.2) is 84.2 Å². The molecule has 1 unspecified atom stereocenters. The molecule has 3 aromatic carbocycles. The van der Waals surface area contributed by atoms with E-state index in [1.165, 1.54) is 0 Å². The lowest BCUT2D eigenvalue weighted by Crippen LogP contribution is -2.34. The lowest BCUT2D eigenvalue weighted by atomic mass is 10.0. The second-order valence-electron chi connectivity index (χ2n) is 7.30. The molecule has 162 valence electrons. The summed E-state index contributed by atoms with van der Waals surface area (Å²) in [7, 11) is 0. The Morgan fingerprint density at radius 2 is 1.62 bits per heavy atom. The summed E-state index contributed by atoms with van der Waals surface area (Å²) in [5, 5.41) is 13.2. The van der Waals surface area contributed by atoms with E-state index in [1.807, 2.05) is 84.2 Å². The van der Waals surface area contributed by atoms with Crippen LogP contribution in [0, 0.1) is 0 Å². The summed E-state index contributed by atoms with van der Waals surface area (Å²) in [4.78, 5) is 15.8. The number of benzene rings is 3. The second kappa shape index (κ2) is 9.64. The Bertz CT molecular complexity index is 1180. The van der Waals surface area contributed by atoms with Gasteiger partial charge in [-0.25, -0.2) is 9.78 Å². The molecular weight excluding hydrogens is 422 g/mol. The van der Waals surface area contributed by atoms with Gasteiger partial charge in [0.15, 0.2) is 0 Å². The number of amides is 2. The average molecular weight is 446 g/mol. The van der Waals surface area contributed by atoms with Gasteiger partial charge in [-0.05, 0) is 35.7 Å². The SMILES string of the molecule is CC(c1ccc(-c2ccc(OCc3csc(-c4ccccc4)n3)cc2)cc1)N(O)C(N)=O. The van der Waals surface area contributed by atoms with Gasteiger partial charge in [-0.15, -0.1) is 11.3 Å². The van der Waals surface area contributed by atoms with Crippen LogP contribution in [-0.4, -0.2) is 21.3 Å². The minimum atomic E-state index is -0.883. The van der Waals surface area contributed by atoms with Crippen LogP contribution in [0.2, 0.25) is 0 Å². The maximum Gasteiger partial charge on any atom is 0.339 e. The zero-order valence-electron chi connectivity index (χ0n) is 17.5. The number of carbonyl (C=O) groups is 1. The van der Waals surface area contributed by atoms with E-state index in [1.54, 1.807) is 18.3 Å². The Morgan fingerprint density at radius 3 is 2.25 bits per heavy atom. The molecule has 2 amide bonds. The standard InChI is InChI=1S/C25H23N3O3S/c1-17(28(30)25(26)29)18-7-9-19(10-8-18)20-11-13-23(14-12-20)31-15-22-16-32-24(27-22)21-5-3-2-4-6-21/h2-14,16-17,30H,15H2,1H3,(H2,26,29). The third-order valence-corrected chi connectivity index (χ3v) is 6.07. The number of nitrogens with zero attached hydrogens (tertiary/aromatic N) is 2. The maximum absolute atomic E-state index is 11.1. The molecule has 1 heterocycles. The highest BCUT2D eigenvalue weighted by atomic mass is 32.1. The van der Waals surface area contributed by atoms with Crippen molar-refractivity contribution in [3.8, 4) is 27.4 Å². The molecule has 0 saturated heterocycles. The molecule has 7 heteroatoms. The molecule has 0 saturated carbocycles. The first-order valence-electron chi connectivity index (χ1n) is 10.1. The Labute approximate surface area is 190 Å². The van der Waals surface area contributed by atoms with Crippen LogP contribution >= 0.6 is 11.3 Å². The van der Waals surface area contributed by atoms with Gasteiger partial charge < -0.3 is 10.5 Å². The molecule has 4 aromatic rings. The van der Waals surface area contributed by atoms with Crippen LogP contribution in [0.5, 0.6) is 5.75 Å². The largest absolute Gasteiger partial charge is 0.487 e. The molecule has 3 N–H and O–H groups in total. The molecule has 0 fully saturated rings. The predicted octanol–water partition coefficient (Wildman–Crippen LogP) is 5.89. The van der Waals surface area contributed by atoms with Crippen LogP contribution in [0.25, 0.3) is 21.7 Å². The maximum atomic E-state index is 11.1. The summed E-state index contributed by atoms with van der Waals surface area (Å²) < 4.78 is 5.90. The van der Waals surface area contributed by atoms with E-state index in [4.69, 9.17) is 10.5 Å². The van der Waals surface area contributed by atoms with Crippen LogP contribution in [0.4, 0.5) is 4.79 Å². The zero-order chi connectivity index (χ0) is 22.5. The lowest BCUT2D eigenvalue weighted by Gasteiger charge is -2.21. The highest BCUT2D eigenvalue weighted by Gasteiger charge is 2.16. The third-order valence-electron chi connectivity index (χ3n) is 5.13. The van der Waals surface area contributed by atoms with Gasteiger partial charge in [-0.1, -0.05) is 66.7 Å². The van der Waals surface area contributed by atoms with Crippen molar-refractivity contribution >= 4 is 17.4 Å². The minimum absolute atomic E-state index is 0.410. The van der Waals surface area contributed by atoms with Crippen molar-refractivity contribution in [3.63, 3.8) is 0 Å². The molecule has 32 heavy (non-hydrogen) atoms. The second-order valence-corrected chi connectivity index (χ2v) is 8.16. The molecule has 0 aliphatic carbocycles. The lowest BCUT2D eigenvalue weighted by molar-refractivity contribution is -0.0709. The number of primary amides is 1. The summed E-state index contributed by atoms with van der Waals surface area (Å²) >= 11 is 1.61. The number of hydroxylamine groups is 2. The Hall–Kier alpha value is -3.68. The van der Waals surface area contributed by atoms with Crippen LogP contribution in [-0.2, 0) is 6.61 Å². The number of thiazole rings is 1. The van der Waals surface area contributed by atoms with Crippen molar-refractivity contribution in [2.75, 3.05) is 0 Å². The molecule has 0 aliphatic heterocycles. The smallest absolute Gasteiger partial charge is 0.339 e. The summed E-state index contributed by atoms with van der Waals surface area (Å²) in [5.74, 6) is 0.769. The summed E-state index contributed by atoms with van der Waals surface area (Å²) in [6.07, 6.45) is 0.